The number of rotatable bonds is 4. The Morgan fingerprint density at radius 1 is 1.35 bits per heavy atom. The Labute approximate surface area is 112 Å². The van der Waals surface area contributed by atoms with Gasteiger partial charge in [-0.25, -0.2) is 9.97 Å². The van der Waals surface area contributed by atoms with Gasteiger partial charge in [0.2, 0.25) is 0 Å². The van der Waals surface area contributed by atoms with Gasteiger partial charge in [0.15, 0.2) is 0 Å². The van der Waals surface area contributed by atoms with E-state index in [0.29, 0.717) is 18.8 Å². The van der Waals surface area contributed by atoms with E-state index in [4.69, 9.17) is 5.26 Å². The van der Waals surface area contributed by atoms with E-state index in [2.05, 4.69) is 20.3 Å². The molecule has 2 aromatic rings. The summed E-state index contributed by atoms with van der Waals surface area (Å²) < 4.78 is 37.7. The number of halogens is 3. The van der Waals surface area contributed by atoms with Gasteiger partial charge in [0, 0.05) is 25.4 Å². The number of hydrogen-bond donors (Lipinski definition) is 2. The zero-order chi connectivity index (χ0) is 14.6. The first-order chi connectivity index (χ1) is 9.50. The smallest absolute Gasteiger partial charge is 0.369 e. The van der Waals surface area contributed by atoms with Crippen molar-refractivity contribution in [3.05, 3.63) is 41.6 Å². The van der Waals surface area contributed by atoms with Crippen LogP contribution in [0, 0.1) is 11.3 Å². The second-order valence-electron chi connectivity index (χ2n) is 3.91. The minimum Gasteiger partial charge on any atom is -0.369 e. The number of alkyl halides is 3. The van der Waals surface area contributed by atoms with Crippen molar-refractivity contribution < 1.29 is 13.2 Å². The SMILES string of the molecule is N#Cc1ccc(C(F)(F)F)nc1NCCc1ncc[nH]1. The van der Waals surface area contributed by atoms with Crippen molar-refractivity contribution in [2.75, 3.05) is 11.9 Å². The number of H-pyrrole nitrogens is 1. The molecule has 0 bridgehead atoms. The maximum atomic E-state index is 12.6. The lowest BCUT2D eigenvalue weighted by Crippen LogP contribution is -2.13. The number of hydrogen-bond acceptors (Lipinski definition) is 4. The maximum Gasteiger partial charge on any atom is 0.433 e. The third kappa shape index (κ3) is 3.26. The van der Waals surface area contributed by atoms with Crippen molar-refractivity contribution >= 4 is 5.82 Å². The van der Waals surface area contributed by atoms with Crippen LogP contribution in [0.3, 0.4) is 0 Å². The molecule has 2 aromatic heterocycles. The third-order valence-electron chi connectivity index (χ3n) is 2.52. The number of aromatic amines is 1. The van der Waals surface area contributed by atoms with Crippen molar-refractivity contribution in [1.82, 2.24) is 15.0 Å². The van der Waals surface area contributed by atoms with E-state index in [9.17, 15) is 13.2 Å². The van der Waals surface area contributed by atoms with E-state index in [1.165, 1.54) is 0 Å². The number of anilines is 1. The van der Waals surface area contributed by atoms with Crippen molar-refractivity contribution in [1.29, 1.82) is 5.26 Å². The predicted octanol–water partition coefficient (Wildman–Crippen LogP) is 2.35. The summed E-state index contributed by atoms with van der Waals surface area (Å²) in [5.74, 6) is 0.622. The largest absolute Gasteiger partial charge is 0.433 e. The van der Waals surface area contributed by atoms with Gasteiger partial charge in [0.05, 0.1) is 5.56 Å². The zero-order valence-corrected chi connectivity index (χ0v) is 10.2. The molecule has 104 valence electrons. The van der Waals surface area contributed by atoms with Gasteiger partial charge in [-0.15, -0.1) is 0 Å². The van der Waals surface area contributed by atoms with Crippen LogP contribution in [0.2, 0.25) is 0 Å². The van der Waals surface area contributed by atoms with Gasteiger partial charge in [-0.05, 0) is 12.1 Å². The maximum absolute atomic E-state index is 12.6. The van der Waals surface area contributed by atoms with Crippen LogP contribution in [-0.2, 0) is 12.6 Å². The summed E-state index contributed by atoms with van der Waals surface area (Å²) in [5.41, 5.74) is -0.963. The molecule has 2 N–H and O–H groups in total. The predicted molar refractivity (Wildman–Crippen MR) is 64.7 cm³/mol. The molecule has 8 heteroatoms. The van der Waals surface area contributed by atoms with E-state index >= 15 is 0 Å². The van der Waals surface area contributed by atoms with Crippen LogP contribution >= 0.6 is 0 Å². The van der Waals surface area contributed by atoms with E-state index in [1.807, 2.05) is 0 Å². The topological polar surface area (TPSA) is 77.4 Å². The molecule has 0 aromatic carbocycles. The Kier molecular flexibility index (Phi) is 3.89. The summed E-state index contributed by atoms with van der Waals surface area (Å²) in [5, 5.41) is 11.6. The zero-order valence-electron chi connectivity index (χ0n) is 10.2. The highest BCUT2D eigenvalue weighted by Crippen LogP contribution is 2.29. The standard InChI is InChI=1S/C12H10F3N5/c13-12(14,15)9-2-1-8(7-16)11(20-9)19-4-3-10-17-5-6-18-10/h1-2,5-6H,3-4H2,(H,17,18)(H,19,20). The minimum absolute atomic E-state index is 0.0671. The number of imidazole rings is 1. The van der Waals surface area contributed by atoms with Crippen molar-refractivity contribution in [2.45, 2.75) is 12.6 Å². The van der Waals surface area contributed by atoms with E-state index in [0.717, 1.165) is 12.1 Å². The fraction of sp³-hybridized carbons (Fsp3) is 0.250. The molecule has 2 rings (SSSR count). The fourth-order valence-corrected chi connectivity index (χ4v) is 1.58. The van der Waals surface area contributed by atoms with E-state index < -0.39 is 11.9 Å². The van der Waals surface area contributed by atoms with Crippen molar-refractivity contribution in [3.8, 4) is 6.07 Å². The van der Waals surface area contributed by atoms with E-state index in [-0.39, 0.29) is 11.4 Å². The Hall–Kier alpha value is -2.56. The Balaban J connectivity index is 2.11. The lowest BCUT2D eigenvalue weighted by molar-refractivity contribution is -0.141. The molecule has 0 saturated heterocycles. The molecule has 0 aliphatic heterocycles. The summed E-state index contributed by atoms with van der Waals surface area (Å²) in [4.78, 5) is 10.3. The Bertz CT molecular complexity index is 613. The third-order valence-corrected chi connectivity index (χ3v) is 2.52. The van der Waals surface area contributed by atoms with Gasteiger partial charge in [-0.3, -0.25) is 0 Å². The first kappa shape index (κ1) is 13.9. The molecule has 0 fully saturated rings. The molecule has 0 atom stereocenters. The highest BCUT2D eigenvalue weighted by molar-refractivity contribution is 5.52. The number of nitrogens with one attached hydrogen (secondary N) is 2. The Morgan fingerprint density at radius 3 is 2.75 bits per heavy atom. The molecule has 0 spiro atoms. The number of aromatic nitrogens is 3. The van der Waals surface area contributed by atoms with Gasteiger partial charge in [-0.1, -0.05) is 0 Å². The summed E-state index contributed by atoms with van der Waals surface area (Å²) in [7, 11) is 0. The molecule has 0 radical (unpaired) electrons. The summed E-state index contributed by atoms with van der Waals surface area (Å²) >= 11 is 0. The second-order valence-corrected chi connectivity index (χ2v) is 3.91. The Morgan fingerprint density at radius 2 is 2.15 bits per heavy atom. The highest BCUT2D eigenvalue weighted by atomic mass is 19.4. The molecular weight excluding hydrogens is 271 g/mol. The highest BCUT2D eigenvalue weighted by Gasteiger charge is 2.33. The van der Waals surface area contributed by atoms with Crippen LogP contribution in [0.5, 0.6) is 0 Å². The van der Waals surface area contributed by atoms with Gasteiger partial charge in [0.25, 0.3) is 0 Å². The number of nitriles is 1. The van der Waals surface area contributed by atoms with Gasteiger partial charge < -0.3 is 10.3 Å². The number of nitrogens with zero attached hydrogens (tertiary/aromatic N) is 3. The molecule has 0 unspecified atom stereocenters. The van der Waals surface area contributed by atoms with Gasteiger partial charge in [-0.2, -0.15) is 18.4 Å². The lowest BCUT2D eigenvalue weighted by Gasteiger charge is -2.10. The number of pyridine rings is 1. The van der Waals surface area contributed by atoms with Crippen molar-refractivity contribution in [2.24, 2.45) is 0 Å². The first-order valence-electron chi connectivity index (χ1n) is 5.71. The van der Waals surface area contributed by atoms with Crippen LogP contribution in [0.4, 0.5) is 19.0 Å². The van der Waals surface area contributed by atoms with Crippen molar-refractivity contribution in [3.63, 3.8) is 0 Å². The van der Waals surface area contributed by atoms with Gasteiger partial charge >= 0.3 is 6.18 Å². The monoisotopic (exact) mass is 281 g/mol. The van der Waals surface area contributed by atoms with Crippen LogP contribution in [0.15, 0.2) is 24.5 Å². The van der Waals surface area contributed by atoms with Crippen LogP contribution < -0.4 is 5.32 Å². The molecule has 0 saturated carbocycles. The minimum atomic E-state index is -4.54. The molecule has 2 heterocycles. The first-order valence-corrected chi connectivity index (χ1v) is 5.71. The van der Waals surface area contributed by atoms with Crippen LogP contribution in [0.1, 0.15) is 17.1 Å². The molecule has 0 aliphatic carbocycles. The second kappa shape index (κ2) is 5.61. The molecular formula is C12H10F3N5. The summed E-state index contributed by atoms with van der Waals surface area (Å²) in [6.45, 7) is 0.316. The lowest BCUT2D eigenvalue weighted by atomic mass is 10.2. The normalized spacial score (nSPS) is 11.1. The van der Waals surface area contributed by atoms with Crippen LogP contribution in [0.25, 0.3) is 0 Å². The van der Waals surface area contributed by atoms with E-state index in [1.54, 1.807) is 18.5 Å². The molecule has 20 heavy (non-hydrogen) atoms. The molecule has 0 aliphatic rings. The molecule has 0 amide bonds. The summed E-state index contributed by atoms with van der Waals surface area (Å²) in [6.07, 6.45) is -0.821. The quantitative estimate of drug-likeness (QED) is 0.901. The fourth-order valence-electron chi connectivity index (χ4n) is 1.58. The van der Waals surface area contributed by atoms with Crippen LogP contribution in [-0.4, -0.2) is 21.5 Å². The van der Waals surface area contributed by atoms with Gasteiger partial charge in [0.1, 0.15) is 23.4 Å². The summed E-state index contributed by atoms with van der Waals surface area (Å²) in [6, 6.07) is 3.69. The average molecular weight is 281 g/mol. The molecule has 5 nitrogen and oxygen atoms in total. The average Bonchev–Trinajstić information content (AvgIpc) is 2.90.